The van der Waals surface area contributed by atoms with Crippen LogP contribution in [0.15, 0.2) is 42.5 Å². The summed E-state index contributed by atoms with van der Waals surface area (Å²) in [5, 5.41) is 13.7. The van der Waals surface area contributed by atoms with Gasteiger partial charge >= 0.3 is 5.69 Å². The third-order valence-electron chi connectivity index (χ3n) is 2.49. The van der Waals surface area contributed by atoms with Gasteiger partial charge in [-0.05, 0) is 30.3 Å². The zero-order valence-corrected chi connectivity index (χ0v) is 10.1. The van der Waals surface area contributed by atoms with Crippen LogP contribution >= 0.6 is 0 Å². The Hall–Kier alpha value is -2.63. The molecule has 0 fully saturated rings. The number of benzene rings is 2. The summed E-state index contributed by atoms with van der Waals surface area (Å²) >= 11 is 0. The Morgan fingerprint density at radius 1 is 1.21 bits per heavy atom. The van der Waals surface area contributed by atoms with Crippen LogP contribution in [0.4, 0.5) is 15.8 Å². The molecule has 2 aromatic rings. The van der Waals surface area contributed by atoms with Gasteiger partial charge in [-0.25, -0.2) is 4.39 Å². The zero-order chi connectivity index (χ0) is 13.8. The molecule has 0 saturated carbocycles. The maximum absolute atomic E-state index is 13.1. The highest BCUT2D eigenvalue weighted by Gasteiger charge is 2.16. The van der Waals surface area contributed by atoms with E-state index in [0.29, 0.717) is 5.75 Å². The molecule has 0 unspecified atom stereocenters. The molecule has 0 aliphatic rings. The Kier molecular flexibility index (Phi) is 3.61. The molecule has 0 saturated heterocycles. The minimum Gasteiger partial charge on any atom is -0.450 e. The second-order valence-electron chi connectivity index (χ2n) is 3.75. The molecule has 0 atom stereocenters. The van der Waals surface area contributed by atoms with Crippen LogP contribution in [0.2, 0.25) is 0 Å². The predicted octanol–water partition coefficient (Wildman–Crippen LogP) is 3.57. The van der Waals surface area contributed by atoms with E-state index in [1.807, 2.05) is 0 Å². The van der Waals surface area contributed by atoms with E-state index in [1.165, 1.54) is 0 Å². The van der Waals surface area contributed by atoms with Gasteiger partial charge in [0.15, 0.2) is 0 Å². The normalized spacial score (nSPS) is 10.0. The number of nitro groups is 1. The predicted molar refractivity (Wildman–Crippen MR) is 69.1 cm³/mol. The Labute approximate surface area is 108 Å². The average molecular weight is 262 g/mol. The van der Waals surface area contributed by atoms with Crippen LogP contribution in [-0.4, -0.2) is 12.0 Å². The summed E-state index contributed by atoms with van der Waals surface area (Å²) in [6.45, 7) is 0. The summed E-state index contributed by atoms with van der Waals surface area (Å²) < 4.78 is 18.5. The Morgan fingerprint density at radius 3 is 2.47 bits per heavy atom. The zero-order valence-electron chi connectivity index (χ0n) is 10.1. The first-order chi connectivity index (χ1) is 9.10. The first-order valence-electron chi connectivity index (χ1n) is 5.50. The summed E-state index contributed by atoms with van der Waals surface area (Å²) in [5.74, 6) is -0.317. The number of hydrogen-bond donors (Lipinski definition) is 1. The van der Waals surface area contributed by atoms with Crippen LogP contribution < -0.4 is 10.1 Å². The molecule has 0 spiro atoms. The Morgan fingerprint density at radius 2 is 1.89 bits per heavy atom. The Balaban J connectivity index is 2.31. The van der Waals surface area contributed by atoms with Crippen LogP contribution in [0.3, 0.4) is 0 Å². The van der Waals surface area contributed by atoms with Crippen molar-refractivity contribution >= 4 is 11.4 Å². The smallest absolute Gasteiger partial charge is 0.311 e. The molecule has 1 N–H and O–H groups in total. The van der Waals surface area contributed by atoms with Crippen LogP contribution in [0.5, 0.6) is 11.5 Å². The molecule has 0 heterocycles. The molecule has 5 nitrogen and oxygen atoms in total. The molecule has 0 bridgehead atoms. The SMILES string of the molecule is CNc1ccc(Oc2cc(F)ccc2[N+](=O)[O-])cc1. The van der Waals surface area contributed by atoms with Crippen LogP contribution in [0.1, 0.15) is 0 Å². The fourth-order valence-electron chi connectivity index (χ4n) is 1.54. The minimum absolute atomic E-state index is 0.123. The Bertz CT molecular complexity index is 599. The van der Waals surface area contributed by atoms with Gasteiger partial charge in [0, 0.05) is 24.9 Å². The van der Waals surface area contributed by atoms with E-state index in [0.717, 1.165) is 23.9 Å². The number of nitrogens with one attached hydrogen (secondary N) is 1. The number of nitrogens with zero attached hydrogens (tertiary/aromatic N) is 1. The summed E-state index contributed by atoms with van der Waals surface area (Å²) in [4.78, 5) is 10.2. The van der Waals surface area contributed by atoms with Gasteiger partial charge in [-0.1, -0.05) is 0 Å². The lowest BCUT2D eigenvalue weighted by molar-refractivity contribution is -0.385. The topological polar surface area (TPSA) is 64.4 Å². The lowest BCUT2D eigenvalue weighted by Crippen LogP contribution is -1.94. The number of anilines is 1. The third-order valence-corrected chi connectivity index (χ3v) is 2.49. The number of ether oxygens (including phenoxy) is 1. The second kappa shape index (κ2) is 5.34. The molecule has 98 valence electrons. The van der Waals surface area contributed by atoms with Gasteiger partial charge in [-0.2, -0.15) is 0 Å². The fraction of sp³-hybridized carbons (Fsp3) is 0.0769. The molecule has 2 rings (SSSR count). The minimum atomic E-state index is -0.614. The summed E-state index contributed by atoms with van der Waals surface area (Å²) in [7, 11) is 1.77. The quantitative estimate of drug-likeness (QED) is 0.675. The van der Waals surface area contributed by atoms with Crippen molar-refractivity contribution in [2.75, 3.05) is 12.4 Å². The molecule has 0 aliphatic carbocycles. The van der Waals surface area contributed by atoms with E-state index in [-0.39, 0.29) is 11.4 Å². The van der Waals surface area contributed by atoms with Gasteiger partial charge < -0.3 is 10.1 Å². The van der Waals surface area contributed by atoms with Crippen molar-refractivity contribution in [3.8, 4) is 11.5 Å². The number of halogens is 1. The van der Waals surface area contributed by atoms with E-state index in [9.17, 15) is 14.5 Å². The maximum atomic E-state index is 13.1. The highest BCUT2D eigenvalue weighted by molar-refractivity contribution is 5.50. The monoisotopic (exact) mass is 262 g/mol. The van der Waals surface area contributed by atoms with Crippen LogP contribution in [0, 0.1) is 15.9 Å². The molecule has 0 radical (unpaired) electrons. The average Bonchev–Trinajstić information content (AvgIpc) is 2.39. The van der Waals surface area contributed by atoms with Crippen molar-refractivity contribution in [1.82, 2.24) is 0 Å². The van der Waals surface area contributed by atoms with E-state index in [1.54, 1.807) is 31.3 Å². The fourth-order valence-corrected chi connectivity index (χ4v) is 1.54. The first kappa shape index (κ1) is 12.8. The van der Waals surface area contributed by atoms with Crippen LogP contribution in [0.25, 0.3) is 0 Å². The molecule has 0 aromatic heterocycles. The maximum Gasteiger partial charge on any atom is 0.311 e. The molecule has 6 heteroatoms. The van der Waals surface area contributed by atoms with E-state index < -0.39 is 10.7 Å². The lowest BCUT2D eigenvalue weighted by Gasteiger charge is -2.07. The van der Waals surface area contributed by atoms with E-state index >= 15 is 0 Å². The highest BCUT2D eigenvalue weighted by atomic mass is 19.1. The van der Waals surface area contributed by atoms with Crippen LogP contribution in [-0.2, 0) is 0 Å². The molecular weight excluding hydrogens is 251 g/mol. The highest BCUT2D eigenvalue weighted by Crippen LogP contribution is 2.32. The van der Waals surface area contributed by atoms with Gasteiger partial charge in [-0.15, -0.1) is 0 Å². The van der Waals surface area contributed by atoms with E-state index in [2.05, 4.69) is 5.32 Å². The summed E-state index contributed by atoms with van der Waals surface area (Å²) in [5.41, 5.74) is 0.597. The summed E-state index contributed by atoms with van der Waals surface area (Å²) in [6, 6.07) is 9.87. The standard InChI is InChI=1S/C13H11FN2O3/c1-15-10-3-5-11(6-4-10)19-13-8-9(14)2-7-12(13)16(17)18/h2-8,15H,1H3. The first-order valence-corrected chi connectivity index (χ1v) is 5.50. The van der Waals surface area contributed by atoms with Crippen molar-refractivity contribution in [3.63, 3.8) is 0 Å². The van der Waals surface area contributed by atoms with Crippen molar-refractivity contribution < 1.29 is 14.1 Å². The largest absolute Gasteiger partial charge is 0.450 e. The molecule has 0 amide bonds. The second-order valence-corrected chi connectivity index (χ2v) is 3.75. The van der Waals surface area contributed by atoms with Crippen molar-refractivity contribution in [2.45, 2.75) is 0 Å². The van der Waals surface area contributed by atoms with Crippen molar-refractivity contribution in [3.05, 3.63) is 58.4 Å². The van der Waals surface area contributed by atoms with Gasteiger partial charge in [-0.3, -0.25) is 10.1 Å². The van der Waals surface area contributed by atoms with Gasteiger partial charge in [0.2, 0.25) is 5.75 Å². The molecule has 2 aromatic carbocycles. The van der Waals surface area contributed by atoms with Gasteiger partial charge in [0.1, 0.15) is 11.6 Å². The molecule has 0 aliphatic heterocycles. The van der Waals surface area contributed by atoms with E-state index in [4.69, 9.17) is 4.74 Å². The summed E-state index contributed by atoms with van der Waals surface area (Å²) in [6.07, 6.45) is 0. The van der Waals surface area contributed by atoms with Gasteiger partial charge in [0.25, 0.3) is 0 Å². The molecule has 19 heavy (non-hydrogen) atoms. The van der Waals surface area contributed by atoms with Gasteiger partial charge in [0.05, 0.1) is 4.92 Å². The van der Waals surface area contributed by atoms with Crippen molar-refractivity contribution in [1.29, 1.82) is 0 Å². The number of rotatable bonds is 4. The third kappa shape index (κ3) is 2.98. The number of hydrogen-bond acceptors (Lipinski definition) is 4. The lowest BCUT2D eigenvalue weighted by atomic mass is 10.2. The number of nitro benzene ring substituents is 1. The van der Waals surface area contributed by atoms with Crippen molar-refractivity contribution in [2.24, 2.45) is 0 Å². The molecular formula is C13H11FN2O3.